The minimum atomic E-state index is -0.530. The Balaban J connectivity index is 0.00000625. The van der Waals surface area contributed by atoms with Crippen molar-refractivity contribution in [2.24, 2.45) is 10.9 Å². The van der Waals surface area contributed by atoms with Crippen LogP contribution in [0.4, 0.5) is 4.79 Å². The molecule has 0 spiro atoms. The molecule has 154 valence electrons. The molecular weight excluding hydrogens is 447 g/mol. The van der Waals surface area contributed by atoms with Gasteiger partial charge < -0.3 is 25.8 Å². The molecule has 2 atom stereocenters. The third-order valence-electron chi connectivity index (χ3n) is 3.97. The first-order chi connectivity index (χ1) is 11.5. The maximum absolute atomic E-state index is 11.9. The summed E-state index contributed by atoms with van der Waals surface area (Å²) in [6.45, 7) is 13.2. The van der Waals surface area contributed by atoms with E-state index < -0.39 is 17.2 Å². The lowest BCUT2D eigenvalue weighted by atomic mass is 10.1. The van der Waals surface area contributed by atoms with Crippen LogP contribution in [0.15, 0.2) is 4.99 Å². The van der Waals surface area contributed by atoms with Gasteiger partial charge in [0.2, 0.25) is 0 Å². The molecule has 0 aromatic rings. The van der Waals surface area contributed by atoms with Crippen LogP contribution in [0.1, 0.15) is 60.8 Å². The first-order valence-electron chi connectivity index (χ1n) is 9.24. The number of halogens is 1. The van der Waals surface area contributed by atoms with Crippen molar-refractivity contribution in [3.05, 3.63) is 0 Å². The second kappa shape index (κ2) is 11.2. The summed E-state index contributed by atoms with van der Waals surface area (Å²) in [5.74, 6) is 0.970. The Bertz CT molecular complexity index is 464. The average molecular weight is 484 g/mol. The van der Waals surface area contributed by atoms with E-state index in [1.165, 1.54) is 0 Å². The molecule has 8 heteroatoms. The van der Waals surface area contributed by atoms with Crippen molar-refractivity contribution in [3.8, 4) is 0 Å². The van der Waals surface area contributed by atoms with Gasteiger partial charge in [0.15, 0.2) is 5.96 Å². The van der Waals surface area contributed by atoms with E-state index in [2.05, 4.69) is 20.9 Å². The van der Waals surface area contributed by atoms with Crippen LogP contribution in [0.25, 0.3) is 0 Å². The number of amides is 1. The summed E-state index contributed by atoms with van der Waals surface area (Å²) in [4.78, 5) is 16.5. The lowest BCUT2D eigenvalue weighted by Gasteiger charge is -2.27. The molecule has 1 aliphatic carbocycles. The van der Waals surface area contributed by atoms with Crippen LogP contribution in [0.3, 0.4) is 0 Å². The molecule has 0 aromatic carbocycles. The van der Waals surface area contributed by atoms with Crippen molar-refractivity contribution in [3.63, 3.8) is 0 Å². The zero-order valence-corrected chi connectivity index (χ0v) is 19.3. The van der Waals surface area contributed by atoms with Crippen LogP contribution in [-0.2, 0) is 4.74 Å². The highest BCUT2D eigenvalue weighted by molar-refractivity contribution is 14.0. The molecule has 0 saturated heterocycles. The maximum Gasteiger partial charge on any atom is 0.408 e. The number of hydrogen-bond donors (Lipinski definition) is 4. The van der Waals surface area contributed by atoms with Crippen LogP contribution in [0.2, 0.25) is 0 Å². The molecule has 1 rings (SSSR count). The van der Waals surface area contributed by atoms with Crippen LogP contribution < -0.4 is 16.0 Å². The van der Waals surface area contributed by atoms with E-state index in [-0.39, 0.29) is 36.0 Å². The van der Waals surface area contributed by atoms with E-state index in [9.17, 15) is 9.90 Å². The monoisotopic (exact) mass is 484 g/mol. The van der Waals surface area contributed by atoms with Crippen molar-refractivity contribution < 1.29 is 14.6 Å². The number of carbonyl (C=O) groups is 1. The smallest absolute Gasteiger partial charge is 0.408 e. The molecule has 2 unspecified atom stereocenters. The fourth-order valence-electron chi connectivity index (χ4n) is 2.72. The van der Waals surface area contributed by atoms with Crippen molar-refractivity contribution in [2.45, 2.75) is 78.0 Å². The van der Waals surface area contributed by atoms with E-state index in [1.54, 1.807) is 0 Å². The number of hydrogen-bond acceptors (Lipinski definition) is 4. The molecule has 4 N–H and O–H groups in total. The van der Waals surface area contributed by atoms with Crippen LogP contribution in [0.5, 0.6) is 0 Å². The summed E-state index contributed by atoms with van der Waals surface area (Å²) in [6, 6.07) is 0. The second-order valence-electron chi connectivity index (χ2n) is 8.35. The zero-order chi connectivity index (χ0) is 19.1. The van der Waals surface area contributed by atoms with Crippen LogP contribution in [-0.4, -0.2) is 54.0 Å². The summed E-state index contributed by atoms with van der Waals surface area (Å²) >= 11 is 0. The van der Waals surface area contributed by atoms with Gasteiger partial charge in [0.25, 0.3) is 0 Å². The molecular formula is C18H37IN4O3. The van der Waals surface area contributed by atoms with Gasteiger partial charge in [-0.25, -0.2) is 4.79 Å². The van der Waals surface area contributed by atoms with Crippen LogP contribution in [0, 0.1) is 5.92 Å². The number of ether oxygens (including phenoxy) is 1. The number of aliphatic hydroxyl groups excluding tert-OH is 1. The van der Waals surface area contributed by atoms with Gasteiger partial charge in [-0.2, -0.15) is 0 Å². The minimum Gasteiger partial charge on any atom is -0.444 e. The topological polar surface area (TPSA) is 95.0 Å². The molecule has 1 saturated carbocycles. The Labute approximate surface area is 175 Å². The van der Waals surface area contributed by atoms with E-state index >= 15 is 0 Å². The molecule has 0 aromatic heterocycles. The fraction of sp³-hybridized carbons (Fsp3) is 0.889. The van der Waals surface area contributed by atoms with Gasteiger partial charge in [-0.15, -0.1) is 24.0 Å². The lowest BCUT2D eigenvalue weighted by Crippen LogP contribution is -2.49. The molecule has 7 nitrogen and oxygen atoms in total. The quantitative estimate of drug-likeness (QED) is 0.264. The van der Waals surface area contributed by atoms with Crippen molar-refractivity contribution >= 4 is 36.0 Å². The SMILES string of the molecule is CCNC(=NCC(C)(C)NC(=O)OC(C)(C)C)NCC1CCCC1O.I. The van der Waals surface area contributed by atoms with Gasteiger partial charge in [0, 0.05) is 19.0 Å². The minimum absolute atomic E-state index is 0. The highest BCUT2D eigenvalue weighted by atomic mass is 127. The van der Waals surface area contributed by atoms with E-state index in [1.807, 2.05) is 41.5 Å². The average Bonchev–Trinajstić information content (AvgIpc) is 2.84. The van der Waals surface area contributed by atoms with Crippen LogP contribution >= 0.6 is 24.0 Å². The lowest BCUT2D eigenvalue weighted by molar-refractivity contribution is 0.0476. The Hall–Kier alpha value is -0.770. The van der Waals surface area contributed by atoms with Crippen molar-refractivity contribution in [1.82, 2.24) is 16.0 Å². The first-order valence-corrected chi connectivity index (χ1v) is 9.24. The molecule has 1 amide bonds. The molecule has 0 radical (unpaired) electrons. The van der Waals surface area contributed by atoms with Crippen molar-refractivity contribution in [2.75, 3.05) is 19.6 Å². The van der Waals surface area contributed by atoms with Gasteiger partial charge in [-0.1, -0.05) is 6.42 Å². The number of guanidine groups is 1. The summed E-state index contributed by atoms with van der Waals surface area (Å²) in [5, 5.41) is 19.3. The van der Waals surface area contributed by atoms with Crippen molar-refractivity contribution in [1.29, 1.82) is 0 Å². The Morgan fingerprint density at radius 1 is 1.19 bits per heavy atom. The summed E-state index contributed by atoms with van der Waals surface area (Å²) in [6.07, 6.45) is 2.33. The number of nitrogens with one attached hydrogen (secondary N) is 3. The molecule has 0 heterocycles. The second-order valence-corrected chi connectivity index (χ2v) is 8.35. The number of carbonyl (C=O) groups excluding carboxylic acids is 1. The van der Waals surface area contributed by atoms with E-state index in [0.717, 1.165) is 25.8 Å². The third kappa shape index (κ3) is 10.4. The van der Waals surface area contributed by atoms with Gasteiger partial charge in [0.05, 0.1) is 18.2 Å². The normalized spacial score (nSPS) is 21.0. The van der Waals surface area contributed by atoms with E-state index in [4.69, 9.17) is 4.74 Å². The molecule has 26 heavy (non-hydrogen) atoms. The predicted molar refractivity (Wildman–Crippen MR) is 116 cm³/mol. The summed E-state index contributed by atoms with van der Waals surface area (Å²) < 4.78 is 5.30. The largest absolute Gasteiger partial charge is 0.444 e. The summed E-state index contributed by atoms with van der Waals surface area (Å²) in [7, 11) is 0. The third-order valence-corrected chi connectivity index (χ3v) is 3.97. The zero-order valence-electron chi connectivity index (χ0n) is 17.0. The molecule has 0 aliphatic heterocycles. The number of aliphatic imine (C=N–C) groups is 1. The Kier molecular flexibility index (Phi) is 10.8. The highest BCUT2D eigenvalue weighted by Crippen LogP contribution is 2.24. The first kappa shape index (κ1) is 25.2. The molecule has 1 aliphatic rings. The fourth-order valence-corrected chi connectivity index (χ4v) is 2.72. The molecule has 1 fully saturated rings. The van der Waals surface area contributed by atoms with Gasteiger partial charge in [-0.05, 0) is 54.4 Å². The number of rotatable bonds is 6. The standard InChI is InChI=1S/C18H36N4O3.HI/c1-7-19-15(20-11-13-9-8-10-14(13)23)21-12-18(5,6)22-16(24)25-17(2,3)4;/h13-14,23H,7-12H2,1-6H3,(H,22,24)(H2,19,20,21);1H. The Morgan fingerprint density at radius 3 is 2.35 bits per heavy atom. The van der Waals surface area contributed by atoms with Gasteiger partial charge in [-0.3, -0.25) is 4.99 Å². The van der Waals surface area contributed by atoms with E-state index in [0.29, 0.717) is 19.0 Å². The summed E-state index contributed by atoms with van der Waals surface area (Å²) in [5.41, 5.74) is -1.06. The maximum atomic E-state index is 11.9. The van der Waals surface area contributed by atoms with Gasteiger partial charge in [0.1, 0.15) is 5.60 Å². The highest BCUT2D eigenvalue weighted by Gasteiger charge is 2.26. The number of aliphatic hydroxyl groups is 1. The Morgan fingerprint density at radius 2 is 1.85 bits per heavy atom. The predicted octanol–water partition coefficient (Wildman–Crippen LogP) is 2.62. The van der Waals surface area contributed by atoms with Gasteiger partial charge >= 0.3 is 6.09 Å². The molecule has 0 bridgehead atoms. The number of nitrogens with zero attached hydrogens (tertiary/aromatic N) is 1. The number of alkyl carbamates (subject to hydrolysis) is 1.